The van der Waals surface area contributed by atoms with E-state index in [0.29, 0.717) is 23.1 Å². The van der Waals surface area contributed by atoms with Crippen LogP contribution in [-0.4, -0.2) is 9.97 Å². The van der Waals surface area contributed by atoms with Gasteiger partial charge in [-0.1, -0.05) is 91.0 Å². The summed E-state index contributed by atoms with van der Waals surface area (Å²) in [7, 11) is 0. The van der Waals surface area contributed by atoms with Crippen molar-refractivity contribution in [3.63, 3.8) is 0 Å². The van der Waals surface area contributed by atoms with Gasteiger partial charge in [-0.05, 0) is 34.0 Å². The number of hydrogen-bond donors (Lipinski definition) is 2. The Hall–Kier alpha value is -4.38. The summed E-state index contributed by atoms with van der Waals surface area (Å²) >= 11 is 0. The van der Waals surface area contributed by atoms with Crippen LogP contribution in [0.2, 0.25) is 0 Å². The van der Waals surface area contributed by atoms with Gasteiger partial charge in [0.1, 0.15) is 17.8 Å². The Balaban J connectivity index is 1.46. The molecule has 5 nitrogen and oxygen atoms in total. The number of hydrogen-bond acceptors (Lipinski definition) is 5. The zero-order valence-electron chi connectivity index (χ0n) is 17.3. The third kappa shape index (κ3) is 4.09. The van der Waals surface area contributed by atoms with E-state index in [1.54, 1.807) is 0 Å². The fourth-order valence-corrected chi connectivity index (χ4v) is 3.71. The Morgan fingerprint density at radius 3 is 2.00 bits per heavy atom. The molecule has 1 aromatic heterocycles. The van der Waals surface area contributed by atoms with Crippen LogP contribution >= 0.6 is 0 Å². The average molecular weight is 419 g/mol. The van der Waals surface area contributed by atoms with Crippen LogP contribution in [0.4, 0.5) is 11.5 Å². The largest absolute Gasteiger partial charge is 0.437 e. The Kier molecular flexibility index (Phi) is 5.37. The quantitative estimate of drug-likeness (QED) is 0.343. The number of nitrogen functional groups attached to an aromatic ring is 1. The van der Waals surface area contributed by atoms with Crippen molar-refractivity contribution < 1.29 is 4.74 Å². The van der Waals surface area contributed by atoms with Gasteiger partial charge in [0, 0.05) is 0 Å². The van der Waals surface area contributed by atoms with E-state index in [1.165, 1.54) is 6.33 Å². The topological polar surface area (TPSA) is 73.1 Å². The van der Waals surface area contributed by atoms with Gasteiger partial charge in [0.25, 0.3) is 0 Å². The van der Waals surface area contributed by atoms with E-state index in [9.17, 15) is 0 Å². The number of nitrogens with zero attached hydrogens (tertiary/aromatic N) is 2. The van der Waals surface area contributed by atoms with Gasteiger partial charge >= 0.3 is 0 Å². The van der Waals surface area contributed by atoms with Gasteiger partial charge in [0.15, 0.2) is 5.82 Å². The first-order valence-corrected chi connectivity index (χ1v) is 10.4. The van der Waals surface area contributed by atoms with Crippen LogP contribution < -0.4 is 15.8 Å². The number of rotatable bonds is 6. The first kappa shape index (κ1) is 19.6. The van der Waals surface area contributed by atoms with E-state index in [-0.39, 0.29) is 6.04 Å². The van der Waals surface area contributed by atoms with Crippen LogP contribution in [0.5, 0.6) is 11.6 Å². The minimum Gasteiger partial charge on any atom is -0.437 e. The lowest BCUT2D eigenvalue weighted by Gasteiger charge is -2.21. The maximum absolute atomic E-state index is 6.44. The van der Waals surface area contributed by atoms with Crippen molar-refractivity contribution in [2.75, 3.05) is 11.1 Å². The molecule has 0 bridgehead atoms. The molecule has 0 aliphatic heterocycles. The molecule has 0 spiro atoms. The molecule has 156 valence electrons. The summed E-state index contributed by atoms with van der Waals surface area (Å²) in [5, 5.41) is 5.71. The molecule has 0 radical (unpaired) electrons. The fraction of sp³-hybridized carbons (Fsp3) is 0.0370. The van der Waals surface area contributed by atoms with Crippen molar-refractivity contribution in [2.45, 2.75) is 6.04 Å². The first-order valence-electron chi connectivity index (χ1n) is 10.4. The summed E-state index contributed by atoms with van der Waals surface area (Å²) in [6.45, 7) is 0. The lowest BCUT2D eigenvalue weighted by atomic mass is 9.99. The van der Waals surface area contributed by atoms with Gasteiger partial charge < -0.3 is 15.8 Å². The van der Waals surface area contributed by atoms with E-state index < -0.39 is 0 Å². The zero-order chi connectivity index (χ0) is 21.8. The molecule has 0 aliphatic carbocycles. The molecule has 32 heavy (non-hydrogen) atoms. The highest BCUT2D eigenvalue weighted by molar-refractivity contribution is 5.84. The van der Waals surface area contributed by atoms with E-state index in [0.717, 1.165) is 21.9 Å². The summed E-state index contributed by atoms with van der Waals surface area (Å²) in [4.78, 5) is 8.66. The minimum absolute atomic E-state index is 0.122. The molecule has 0 saturated carbocycles. The molecule has 0 atom stereocenters. The van der Waals surface area contributed by atoms with Gasteiger partial charge in [0.05, 0.1) is 6.04 Å². The van der Waals surface area contributed by atoms with Crippen LogP contribution in [0, 0.1) is 0 Å². The second-order valence-corrected chi connectivity index (χ2v) is 7.45. The summed E-state index contributed by atoms with van der Waals surface area (Å²) in [6.07, 6.45) is 1.46. The molecule has 3 N–H and O–H groups in total. The molecule has 0 aliphatic rings. The zero-order valence-corrected chi connectivity index (χ0v) is 17.3. The van der Waals surface area contributed by atoms with Crippen LogP contribution in [0.25, 0.3) is 10.8 Å². The van der Waals surface area contributed by atoms with E-state index in [2.05, 4.69) is 45.6 Å². The van der Waals surface area contributed by atoms with Gasteiger partial charge in [-0.2, -0.15) is 4.98 Å². The Bertz CT molecular complexity index is 1300. The van der Waals surface area contributed by atoms with E-state index >= 15 is 0 Å². The summed E-state index contributed by atoms with van der Waals surface area (Å²) in [5.41, 5.74) is 9.01. The molecule has 0 fully saturated rings. The molecular weight excluding hydrogens is 396 g/mol. The van der Waals surface area contributed by atoms with Gasteiger partial charge in [-0.25, -0.2) is 4.98 Å². The van der Waals surface area contributed by atoms with Gasteiger partial charge in [-0.3, -0.25) is 0 Å². The van der Waals surface area contributed by atoms with Crippen molar-refractivity contribution in [1.82, 2.24) is 9.97 Å². The second-order valence-electron chi connectivity index (χ2n) is 7.45. The molecular formula is C27H22N4O. The summed E-state index contributed by atoms with van der Waals surface area (Å²) in [6, 6.07) is 34.3. The highest BCUT2D eigenvalue weighted by atomic mass is 16.5. The Morgan fingerprint density at radius 1 is 0.688 bits per heavy atom. The summed E-state index contributed by atoms with van der Waals surface area (Å²) in [5.74, 6) is 1.51. The smallest absolute Gasteiger partial charge is 0.248 e. The second kappa shape index (κ2) is 8.78. The van der Waals surface area contributed by atoms with Crippen LogP contribution in [0.3, 0.4) is 0 Å². The minimum atomic E-state index is -0.122. The highest BCUT2D eigenvalue weighted by Crippen LogP contribution is 2.34. The number of anilines is 2. The summed E-state index contributed by atoms with van der Waals surface area (Å²) < 4.78 is 6.03. The number of nitrogens with one attached hydrogen (secondary N) is 1. The van der Waals surface area contributed by atoms with Crippen molar-refractivity contribution >= 4 is 22.3 Å². The van der Waals surface area contributed by atoms with Crippen molar-refractivity contribution in [2.24, 2.45) is 0 Å². The highest BCUT2D eigenvalue weighted by Gasteiger charge is 2.18. The molecule has 0 amide bonds. The predicted molar refractivity (Wildman–Crippen MR) is 129 cm³/mol. The fourth-order valence-electron chi connectivity index (χ4n) is 3.71. The molecule has 0 unspecified atom stereocenters. The first-order chi connectivity index (χ1) is 15.8. The third-order valence-corrected chi connectivity index (χ3v) is 5.33. The monoisotopic (exact) mass is 418 g/mol. The number of fused-ring (bicyclic) bond motifs is 1. The van der Waals surface area contributed by atoms with Crippen molar-refractivity contribution in [3.8, 4) is 11.6 Å². The Morgan fingerprint density at radius 2 is 1.31 bits per heavy atom. The van der Waals surface area contributed by atoms with E-state index in [1.807, 2.05) is 72.8 Å². The molecule has 0 saturated heterocycles. The number of nitrogens with two attached hydrogens (primary N) is 1. The molecule has 5 aromatic rings. The predicted octanol–water partition coefficient (Wildman–Crippen LogP) is 6.21. The maximum atomic E-state index is 6.44. The Labute approximate surface area is 186 Å². The average Bonchev–Trinajstić information content (AvgIpc) is 2.85. The van der Waals surface area contributed by atoms with Gasteiger partial charge in [-0.15, -0.1) is 0 Å². The van der Waals surface area contributed by atoms with Crippen molar-refractivity contribution in [1.29, 1.82) is 0 Å². The number of ether oxygens (including phenoxy) is 1. The molecule has 1 heterocycles. The third-order valence-electron chi connectivity index (χ3n) is 5.33. The molecule has 4 aromatic carbocycles. The normalized spacial score (nSPS) is 10.9. The van der Waals surface area contributed by atoms with Crippen LogP contribution in [0.15, 0.2) is 109 Å². The van der Waals surface area contributed by atoms with Gasteiger partial charge in [0.2, 0.25) is 5.88 Å². The SMILES string of the molecule is Nc1c(NC(c2ccccc2)c2ccccc2)ncnc1Oc1ccc2ccccc2c1. The lowest BCUT2D eigenvalue weighted by Crippen LogP contribution is -2.15. The number of benzene rings is 4. The van der Waals surface area contributed by atoms with Crippen LogP contribution in [-0.2, 0) is 0 Å². The number of aromatic nitrogens is 2. The lowest BCUT2D eigenvalue weighted by molar-refractivity contribution is 0.465. The molecule has 5 rings (SSSR count). The maximum Gasteiger partial charge on any atom is 0.248 e. The van der Waals surface area contributed by atoms with Crippen molar-refractivity contribution in [3.05, 3.63) is 121 Å². The standard InChI is InChI=1S/C27H22N4O/c28-24-26(31-25(20-10-3-1-4-11-20)21-12-5-2-6-13-21)29-18-30-27(24)32-23-16-15-19-9-7-8-14-22(19)17-23/h1-18,25H,28H2,(H,29,30,31). The van der Waals surface area contributed by atoms with E-state index in [4.69, 9.17) is 10.5 Å². The van der Waals surface area contributed by atoms with Crippen LogP contribution in [0.1, 0.15) is 17.2 Å². The molecule has 5 heteroatoms.